The molecule has 0 spiro atoms. The molecule has 0 radical (unpaired) electrons. The molecule has 1 aromatic heterocycles. The number of nitrogens with zero attached hydrogens (tertiary/aromatic N) is 3. The number of fused-ring (bicyclic) bond motifs is 1. The van der Waals surface area contributed by atoms with Crippen LogP contribution in [0.1, 0.15) is 12.5 Å². The number of morpholine rings is 1. The van der Waals surface area contributed by atoms with Crippen LogP contribution in [0.25, 0.3) is 10.9 Å². The van der Waals surface area contributed by atoms with Crippen LogP contribution in [-0.4, -0.2) is 49.0 Å². The highest BCUT2D eigenvalue weighted by molar-refractivity contribution is 5.92. The van der Waals surface area contributed by atoms with E-state index < -0.39 is 0 Å². The normalized spacial score (nSPS) is 22.7. The van der Waals surface area contributed by atoms with Gasteiger partial charge in [-0.1, -0.05) is 12.1 Å². The molecule has 1 saturated heterocycles. The van der Waals surface area contributed by atoms with Gasteiger partial charge in [-0.05, 0) is 25.5 Å². The average Bonchev–Trinajstić information content (AvgIpc) is 2.47. The van der Waals surface area contributed by atoms with Crippen LogP contribution in [0.3, 0.4) is 0 Å². The van der Waals surface area contributed by atoms with Gasteiger partial charge < -0.3 is 14.4 Å². The van der Waals surface area contributed by atoms with Gasteiger partial charge in [0.15, 0.2) is 0 Å². The Morgan fingerprint density at radius 1 is 1.33 bits per heavy atom. The Labute approximate surface area is 124 Å². The van der Waals surface area contributed by atoms with Crippen molar-refractivity contribution in [1.29, 1.82) is 0 Å². The van der Waals surface area contributed by atoms with Crippen molar-refractivity contribution in [3.05, 3.63) is 30.1 Å². The summed E-state index contributed by atoms with van der Waals surface area (Å²) in [4.78, 5) is 11.2. The van der Waals surface area contributed by atoms with Crippen molar-refractivity contribution in [3.63, 3.8) is 0 Å². The third kappa shape index (κ3) is 2.84. The molecule has 1 aliphatic heterocycles. The molecule has 5 heteroatoms. The number of hydrogen-bond donors (Lipinski definition) is 0. The molecule has 1 aromatic carbocycles. The van der Waals surface area contributed by atoms with E-state index in [4.69, 9.17) is 9.47 Å². The lowest BCUT2D eigenvalue weighted by Crippen LogP contribution is -2.48. The third-order valence-corrected chi connectivity index (χ3v) is 3.83. The Hall–Kier alpha value is -1.72. The van der Waals surface area contributed by atoms with Gasteiger partial charge in [0.1, 0.15) is 12.1 Å². The number of aromatic nitrogens is 2. The summed E-state index contributed by atoms with van der Waals surface area (Å²) in [6.07, 6.45) is 1.88. The first-order valence-electron chi connectivity index (χ1n) is 7.28. The Kier molecular flexibility index (Phi) is 4.03. The van der Waals surface area contributed by atoms with Gasteiger partial charge in [-0.2, -0.15) is 0 Å². The van der Waals surface area contributed by atoms with E-state index in [1.54, 1.807) is 13.4 Å². The Bertz CT molecular complexity index is 627. The van der Waals surface area contributed by atoms with Gasteiger partial charge in [-0.15, -0.1) is 0 Å². The molecule has 1 aliphatic rings. The Balaban J connectivity index is 1.99. The molecule has 0 amide bonds. The zero-order valence-corrected chi connectivity index (χ0v) is 12.7. The van der Waals surface area contributed by atoms with Crippen molar-refractivity contribution >= 4 is 16.7 Å². The topological polar surface area (TPSA) is 47.5 Å². The summed E-state index contributed by atoms with van der Waals surface area (Å²) >= 11 is 0. The van der Waals surface area contributed by atoms with Gasteiger partial charge in [0, 0.05) is 25.6 Å². The molecule has 112 valence electrons. The van der Waals surface area contributed by atoms with Gasteiger partial charge in [0.25, 0.3) is 0 Å². The molecule has 5 nitrogen and oxygen atoms in total. The van der Waals surface area contributed by atoms with E-state index in [2.05, 4.69) is 34.8 Å². The third-order valence-electron chi connectivity index (χ3n) is 3.83. The summed E-state index contributed by atoms with van der Waals surface area (Å²) < 4.78 is 11.2. The van der Waals surface area contributed by atoms with Gasteiger partial charge in [0.05, 0.1) is 24.3 Å². The van der Waals surface area contributed by atoms with E-state index in [0.717, 1.165) is 29.8 Å². The van der Waals surface area contributed by atoms with Crippen molar-refractivity contribution < 1.29 is 9.47 Å². The molecule has 2 atom stereocenters. The second kappa shape index (κ2) is 5.95. The molecule has 0 aliphatic carbocycles. The van der Waals surface area contributed by atoms with E-state index in [0.29, 0.717) is 6.61 Å². The number of anilines is 1. The van der Waals surface area contributed by atoms with Crippen LogP contribution in [0.5, 0.6) is 0 Å². The molecule has 0 N–H and O–H groups in total. The van der Waals surface area contributed by atoms with Gasteiger partial charge in [-0.3, -0.25) is 0 Å². The molecular weight excluding hydrogens is 266 g/mol. The highest BCUT2D eigenvalue weighted by Crippen LogP contribution is 2.28. The zero-order valence-electron chi connectivity index (χ0n) is 12.7. The summed E-state index contributed by atoms with van der Waals surface area (Å²) in [6.45, 7) is 6.42. The van der Waals surface area contributed by atoms with Crippen molar-refractivity contribution in [3.8, 4) is 0 Å². The fraction of sp³-hybridized carbons (Fsp3) is 0.500. The molecule has 3 rings (SSSR count). The van der Waals surface area contributed by atoms with E-state index in [1.165, 1.54) is 5.56 Å². The summed E-state index contributed by atoms with van der Waals surface area (Å²) in [6, 6.07) is 6.17. The smallest absolute Gasteiger partial charge is 0.140 e. The predicted molar refractivity (Wildman–Crippen MR) is 82.7 cm³/mol. The first-order valence-corrected chi connectivity index (χ1v) is 7.28. The number of benzene rings is 1. The quantitative estimate of drug-likeness (QED) is 0.866. The predicted octanol–water partition coefficient (Wildman–Crippen LogP) is 2.18. The Morgan fingerprint density at radius 3 is 3.00 bits per heavy atom. The molecule has 2 aromatic rings. The summed E-state index contributed by atoms with van der Waals surface area (Å²) in [7, 11) is 1.71. The zero-order chi connectivity index (χ0) is 14.8. The number of rotatable bonds is 3. The summed E-state index contributed by atoms with van der Waals surface area (Å²) in [5.74, 6) is 0.995. The van der Waals surface area contributed by atoms with Crippen LogP contribution in [-0.2, 0) is 9.47 Å². The monoisotopic (exact) mass is 287 g/mol. The minimum Gasteiger partial charge on any atom is -0.382 e. The van der Waals surface area contributed by atoms with Gasteiger partial charge in [0.2, 0.25) is 0 Å². The molecule has 2 unspecified atom stereocenters. The second-order valence-corrected chi connectivity index (χ2v) is 5.60. The lowest BCUT2D eigenvalue weighted by molar-refractivity contribution is -0.0512. The highest BCUT2D eigenvalue weighted by Gasteiger charge is 2.27. The molecule has 1 fully saturated rings. The molecule has 21 heavy (non-hydrogen) atoms. The van der Waals surface area contributed by atoms with Crippen LogP contribution in [0.2, 0.25) is 0 Å². The standard InChI is InChI=1S/C16H21N3O2/c1-11-5-4-6-14-15(11)16(18-10-17-14)19-7-12(2)21-13(8-19)9-20-3/h4-6,10,12-13H,7-9H2,1-3H3. The van der Waals surface area contributed by atoms with E-state index >= 15 is 0 Å². The molecular formula is C16H21N3O2. The van der Waals surface area contributed by atoms with Crippen molar-refractivity contribution in [2.45, 2.75) is 26.1 Å². The average molecular weight is 287 g/mol. The number of ether oxygens (including phenoxy) is 2. The Morgan fingerprint density at radius 2 is 2.19 bits per heavy atom. The molecule has 0 saturated carbocycles. The van der Waals surface area contributed by atoms with E-state index in [1.807, 2.05) is 12.1 Å². The first kappa shape index (κ1) is 14.2. The van der Waals surface area contributed by atoms with E-state index in [9.17, 15) is 0 Å². The lowest BCUT2D eigenvalue weighted by atomic mass is 10.1. The molecule has 2 heterocycles. The fourth-order valence-corrected chi connectivity index (χ4v) is 3.00. The SMILES string of the molecule is COCC1CN(c2ncnc3cccc(C)c23)CC(C)O1. The number of methoxy groups -OCH3 is 1. The molecule has 0 bridgehead atoms. The van der Waals surface area contributed by atoms with Crippen LogP contribution in [0.4, 0.5) is 5.82 Å². The largest absolute Gasteiger partial charge is 0.382 e. The number of hydrogen-bond acceptors (Lipinski definition) is 5. The minimum absolute atomic E-state index is 0.0767. The van der Waals surface area contributed by atoms with Crippen molar-refractivity contribution in [2.24, 2.45) is 0 Å². The van der Waals surface area contributed by atoms with Crippen LogP contribution in [0, 0.1) is 6.92 Å². The van der Waals surface area contributed by atoms with Crippen LogP contribution in [0.15, 0.2) is 24.5 Å². The van der Waals surface area contributed by atoms with Crippen LogP contribution >= 0.6 is 0 Å². The highest BCUT2D eigenvalue weighted by atomic mass is 16.5. The van der Waals surface area contributed by atoms with Gasteiger partial charge >= 0.3 is 0 Å². The minimum atomic E-state index is 0.0767. The van der Waals surface area contributed by atoms with Crippen LogP contribution < -0.4 is 4.90 Å². The second-order valence-electron chi connectivity index (χ2n) is 5.60. The maximum Gasteiger partial charge on any atom is 0.140 e. The maximum absolute atomic E-state index is 5.91. The van der Waals surface area contributed by atoms with Gasteiger partial charge in [-0.25, -0.2) is 9.97 Å². The maximum atomic E-state index is 5.91. The summed E-state index contributed by atoms with van der Waals surface area (Å²) in [5, 5.41) is 1.13. The summed E-state index contributed by atoms with van der Waals surface area (Å²) in [5.41, 5.74) is 2.19. The fourth-order valence-electron chi connectivity index (χ4n) is 3.00. The van der Waals surface area contributed by atoms with Crippen molar-refractivity contribution in [1.82, 2.24) is 9.97 Å². The van der Waals surface area contributed by atoms with Crippen molar-refractivity contribution in [2.75, 3.05) is 31.7 Å². The number of aryl methyl sites for hydroxylation is 1. The lowest BCUT2D eigenvalue weighted by Gasteiger charge is -2.37. The first-order chi connectivity index (χ1) is 10.2. The van der Waals surface area contributed by atoms with E-state index in [-0.39, 0.29) is 12.2 Å².